The molecule has 2 aliphatic rings. The van der Waals surface area contributed by atoms with Crippen LogP contribution in [0.2, 0.25) is 0 Å². The Hall–Kier alpha value is -5.68. The van der Waals surface area contributed by atoms with Gasteiger partial charge in [-0.1, -0.05) is 54.6 Å². The summed E-state index contributed by atoms with van der Waals surface area (Å²) in [5.74, 6) is 0.339. The van der Waals surface area contributed by atoms with E-state index in [1.54, 1.807) is 57.3 Å². The van der Waals surface area contributed by atoms with Crippen LogP contribution in [0.15, 0.2) is 110 Å². The van der Waals surface area contributed by atoms with Gasteiger partial charge in [-0.15, -0.1) is 6.58 Å². The number of hydrazine groups is 1. The van der Waals surface area contributed by atoms with E-state index in [1.807, 2.05) is 72.8 Å². The molecule has 1 aromatic heterocycles. The van der Waals surface area contributed by atoms with Gasteiger partial charge < -0.3 is 25.0 Å². The van der Waals surface area contributed by atoms with E-state index in [9.17, 15) is 19.5 Å². The van der Waals surface area contributed by atoms with E-state index in [0.717, 1.165) is 28.1 Å². The standard InChI is InChI=1S/C37H38N6O5/c1-3-20-41-25-35(45)42-33(21-26-12-16-30(44)17-13-26)36(46)40(24-34(42)43(41)37(47)38-22-27-8-5-4-6-9-27)23-29-10-7-11-32(39-29)28-14-18-31(48-2)19-15-28/h3-19,33-34,44H,1,20-25H2,2H3,(H,38,47)/t33-,34?/m0/s1. The molecule has 2 atom stereocenters. The van der Waals surface area contributed by atoms with Gasteiger partial charge in [0.05, 0.1) is 38.1 Å². The Kier molecular flexibility index (Phi) is 9.67. The summed E-state index contributed by atoms with van der Waals surface area (Å²) in [5.41, 5.74) is 4.01. The number of nitrogens with zero attached hydrogens (tertiary/aromatic N) is 5. The zero-order chi connectivity index (χ0) is 33.6. The Bertz CT molecular complexity index is 1770. The van der Waals surface area contributed by atoms with E-state index in [1.165, 1.54) is 0 Å². The molecule has 1 unspecified atom stereocenters. The summed E-state index contributed by atoms with van der Waals surface area (Å²) < 4.78 is 5.29. The van der Waals surface area contributed by atoms with Crippen molar-refractivity contribution in [1.29, 1.82) is 0 Å². The van der Waals surface area contributed by atoms with Crippen LogP contribution in [0.1, 0.15) is 16.8 Å². The average molecular weight is 647 g/mol. The normalized spacial score (nSPS) is 18.0. The van der Waals surface area contributed by atoms with Gasteiger partial charge in [-0.05, 0) is 59.7 Å². The highest BCUT2D eigenvalue weighted by Gasteiger charge is 2.51. The second-order valence-electron chi connectivity index (χ2n) is 11.8. The van der Waals surface area contributed by atoms with Crippen molar-refractivity contribution < 1.29 is 24.2 Å². The summed E-state index contributed by atoms with van der Waals surface area (Å²) in [5, 5.41) is 16.1. The number of hydrogen-bond acceptors (Lipinski definition) is 7. The summed E-state index contributed by atoms with van der Waals surface area (Å²) in [6, 6.07) is 28.1. The number of fused-ring (bicyclic) bond motifs is 1. The van der Waals surface area contributed by atoms with Gasteiger partial charge in [0.25, 0.3) is 0 Å². The van der Waals surface area contributed by atoms with Crippen molar-refractivity contribution in [2.45, 2.75) is 31.7 Å². The lowest BCUT2D eigenvalue weighted by atomic mass is 9.98. The maximum Gasteiger partial charge on any atom is 0.334 e. The quantitative estimate of drug-likeness (QED) is 0.248. The number of carbonyl (C=O) groups is 3. The molecule has 48 heavy (non-hydrogen) atoms. The fraction of sp³-hybridized carbons (Fsp3) is 0.243. The molecule has 2 aliphatic heterocycles. The van der Waals surface area contributed by atoms with E-state index in [2.05, 4.69) is 11.9 Å². The third-order valence-corrected chi connectivity index (χ3v) is 8.58. The van der Waals surface area contributed by atoms with Crippen LogP contribution >= 0.6 is 0 Å². The average Bonchev–Trinajstić information content (AvgIpc) is 3.10. The highest BCUT2D eigenvalue weighted by atomic mass is 16.5. The molecular weight excluding hydrogens is 608 g/mol. The van der Waals surface area contributed by atoms with Crippen molar-refractivity contribution in [3.8, 4) is 22.8 Å². The van der Waals surface area contributed by atoms with Crippen molar-refractivity contribution in [3.05, 3.63) is 127 Å². The van der Waals surface area contributed by atoms with Gasteiger partial charge >= 0.3 is 6.03 Å². The summed E-state index contributed by atoms with van der Waals surface area (Å²) >= 11 is 0. The number of methoxy groups -OCH3 is 1. The van der Waals surface area contributed by atoms with Crippen LogP contribution in [-0.2, 0) is 29.1 Å². The lowest BCUT2D eigenvalue weighted by Gasteiger charge is -2.55. The van der Waals surface area contributed by atoms with Gasteiger partial charge in [-0.2, -0.15) is 0 Å². The fourth-order valence-electron chi connectivity index (χ4n) is 6.24. The molecule has 0 spiro atoms. The number of phenols is 1. The number of aromatic hydroxyl groups is 1. The van der Waals surface area contributed by atoms with Crippen LogP contribution in [-0.4, -0.2) is 86.7 Å². The molecule has 0 saturated carbocycles. The van der Waals surface area contributed by atoms with Gasteiger partial charge in [0.2, 0.25) is 11.8 Å². The number of aromatic nitrogens is 1. The van der Waals surface area contributed by atoms with Gasteiger partial charge in [0.15, 0.2) is 0 Å². The maximum absolute atomic E-state index is 14.3. The molecule has 0 radical (unpaired) electrons. The zero-order valence-corrected chi connectivity index (χ0v) is 26.7. The van der Waals surface area contributed by atoms with Crippen LogP contribution in [0.5, 0.6) is 11.5 Å². The Morgan fingerprint density at radius 1 is 0.979 bits per heavy atom. The molecule has 11 heteroatoms. The molecule has 4 amide bonds. The van der Waals surface area contributed by atoms with Crippen LogP contribution in [0, 0.1) is 0 Å². The Balaban J connectivity index is 1.33. The highest BCUT2D eigenvalue weighted by molar-refractivity contribution is 5.91. The topological polar surface area (TPSA) is 119 Å². The lowest BCUT2D eigenvalue weighted by molar-refractivity contribution is -0.189. The zero-order valence-electron chi connectivity index (χ0n) is 26.7. The fourth-order valence-corrected chi connectivity index (χ4v) is 6.24. The van der Waals surface area contributed by atoms with E-state index in [0.29, 0.717) is 12.2 Å². The molecule has 4 aromatic rings. The first-order chi connectivity index (χ1) is 23.3. The summed E-state index contributed by atoms with van der Waals surface area (Å²) in [4.78, 5) is 50.2. The van der Waals surface area contributed by atoms with Crippen LogP contribution < -0.4 is 10.1 Å². The Morgan fingerprint density at radius 3 is 2.44 bits per heavy atom. The molecule has 2 N–H and O–H groups in total. The van der Waals surface area contributed by atoms with E-state index in [-0.39, 0.29) is 56.2 Å². The first-order valence-corrected chi connectivity index (χ1v) is 15.8. The third-order valence-electron chi connectivity index (χ3n) is 8.58. The Labute approximate surface area is 279 Å². The summed E-state index contributed by atoms with van der Waals surface area (Å²) in [6.45, 7) is 4.57. The monoisotopic (exact) mass is 646 g/mol. The number of phenolic OH excluding ortho intramolecular Hbond substituents is 1. The predicted octanol–water partition coefficient (Wildman–Crippen LogP) is 4.20. The number of carbonyl (C=O) groups excluding carboxylic acids is 3. The number of amides is 4. The SMILES string of the molecule is C=CCN1CC(=O)N2C(CN(Cc3cccc(-c4ccc(OC)cc4)n3)C(=O)[C@@H]2Cc2ccc(O)cc2)N1C(=O)NCc1ccccc1. The number of piperazine rings is 1. The molecule has 0 bridgehead atoms. The van der Waals surface area contributed by atoms with Crippen molar-refractivity contribution in [1.82, 2.24) is 30.1 Å². The third kappa shape index (κ3) is 7.01. The minimum absolute atomic E-state index is 0.0808. The van der Waals surface area contributed by atoms with Crippen molar-refractivity contribution in [3.63, 3.8) is 0 Å². The number of urea groups is 1. The van der Waals surface area contributed by atoms with Gasteiger partial charge in [0, 0.05) is 25.1 Å². The van der Waals surface area contributed by atoms with Crippen molar-refractivity contribution in [2.75, 3.05) is 26.7 Å². The van der Waals surface area contributed by atoms with Crippen LogP contribution in [0.3, 0.4) is 0 Å². The van der Waals surface area contributed by atoms with Crippen LogP contribution in [0.25, 0.3) is 11.3 Å². The van der Waals surface area contributed by atoms with E-state index >= 15 is 0 Å². The predicted molar refractivity (Wildman–Crippen MR) is 180 cm³/mol. The van der Waals surface area contributed by atoms with Gasteiger partial charge in [0.1, 0.15) is 23.7 Å². The smallest absolute Gasteiger partial charge is 0.334 e. The molecule has 246 valence electrons. The molecule has 3 heterocycles. The number of hydrogen-bond donors (Lipinski definition) is 2. The number of rotatable bonds is 10. The number of pyridine rings is 1. The minimum Gasteiger partial charge on any atom is -0.508 e. The van der Waals surface area contributed by atoms with Gasteiger partial charge in [-0.25, -0.2) is 14.8 Å². The molecule has 11 nitrogen and oxygen atoms in total. The van der Waals surface area contributed by atoms with E-state index in [4.69, 9.17) is 9.72 Å². The first kappa shape index (κ1) is 32.3. The summed E-state index contributed by atoms with van der Waals surface area (Å²) in [7, 11) is 1.62. The second-order valence-corrected chi connectivity index (χ2v) is 11.8. The maximum atomic E-state index is 14.3. The summed E-state index contributed by atoms with van der Waals surface area (Å²) in [6.07, 6.45) is 1.07. The Morgan fingerprint density at radius 2 is 1.73 bits per heavy atom. The molecular formula is C37H38N6O5. The molecule has 2 saturated heterocycles. The second kappa shape index (κ2) is 14.4. The van der Waals surface area contributed by atoms with Crippen molar-refractivity contribution >= 4 is 17.8 Å². The minimum atomic E-state index is -0.888. The molecule has 3 aromatic carbocycles. The number of benzene rings is 3. The molecule has 6 rings (SSSR count). The largest absolute Gasteiger partial charge is 0.508 e. The highest BCUT2D eigenvalue weighted by Crippen LogP contribution is 2.30. The van der Waals surface area contributed by atoms with Crippen LogP contribution in [0.4, 0.5) is 4.79 Å². The lowest BCUT2D eigenvalue weighted by Crippen LogP contribution is -2.76. The molecule has 0 aliphatic carbocycles. The molecule has 2 fully saturated rings. The van der Waals surface area contributed by atoms with E-state index < -0.39 is 12.2 Å². The van der Waals surface area contributed by atoms with Crippen molar-refractivity contribution in [2.24, 2.45) is 0 Å². The van der Waals surface area contributed by atoms with Gasteiger partial charge in [-0.3, -0.25) is 14.6 Å². The number of nitrogens with one attached hydrogen (secondary N) is 1. The first-order valence-electron chi connectivity index (χ1n) is 15.8. The number of ether oxygens (including phenoxy) is 1.